The highest BCUT2D eigenvalue weighted by atomic mass is 19.4. The van der Waals surface area contributed by atoms with E-state index in [4.69, 9.17) is 0 Å². The fourth-order valence-corrected chi connectivity index (χ4v) is 2.30. The molecule has 1 aliphatic rings. The molecule has 2 nitrogen and oxygen atoms in total. The third-order valence-electron chi connectivity index (χ3n) is 3.60. The largest absolute Gasteiger partial charge is 0.412 e. The molecule has 0 spiro atoms. The second-order valence-corrected chi connectivity index (χ2v) is 4.94. The fraction of sp³-hybridized carbons (Fsp3) is 0.467. The molecular weight excluding hydrogens is 267 g/mol. The van der Waals surface area contributed by atoms with E-state index < -0.39 is 17.9 Å². The maximum Gasteiger partial charge on any atom is 0.412 e. The molecule has 0 aromatic heterocycles. The van der Waals surface area contributed by atoms with Crippen LogP contribution in [0.5, 0.6) is 0 Å². The van der Waals surface area contributed by atoms with Crippen molar-refractivity contribution >= 4 is 5.69 Å². The SMILES string of the molecule is CCC(O)c1ccc(N2CC=C(C(F)(F)F)CC2)cc1. The molecule has 1 unspecified atom stereocenters. The zero-order chi connectivity index (χ0) is 14.8. The van der Waals surface area contributed by atoms with Crippen molar-refractivity contribution < 1.29 is 18.3 Å². The van der Waals surface area contributed by atoms with E-state index in [-0.39, 0.29) is 13.0 Å². The monoisotopic (exact) mass is 285 g/mol. The maximum absolute atomic E-state index is 12.5. The van der Waals surface area contributed by atoms with Crippen LogP contribution in [0.1, 0.15) is 31.4 Å². The van der Waals surface area contributed by atoms with Crippen molar-refractivity contribution in [3.05, 3.63) is 41.5 Å². The number of rotatable bonds is 3. The van der Waals surface area contributed by atoms with Gasteiger partial charge < -0.3 is 10.0 Å². The van der Waals surface area contributed by atoms with Crippen molar-refractivity contribution in [1.29, 1.82) is 0 Å². The van der Waals surface area contributed by atoms with E-state index in [0.717, 1.165) is 11.3 Å². The standard InChI is InChI=1S/C15H18F3NO/c1-2-14(20)11-3-5-13(6-4-11)19-9-7-12(8-10-19)15(16,17)18/h3-7,14,20H,2,8-10H2,1H3. The molecule has 0 saturated heterocycles. The molecule has 0 saturated carbocycles. The number of hydrogen-bond donors (Lipinski definition) is 1. The lowest BCUT2D eigenvalue weighted by Gasteiger charge is -2.29. The van der Waals surface area contributed by atoms with Crippen LogP contribution < -0.4 is 4.90 Å². The zero-order valence-electron chi connectivity index (χ0n) is 11.3. The summed E-state index contributed by atoms with van der Waals surface area (Å²) in [6, 6.07) is 7.35. The third-order valence-corrected chi connectivity index (χ3v) is 3.60. The van der Waals surface area contributed by atoms with Gasteiger partial charge in [-0.3, -0.25) is 0 Å². The molecule has 2 rings (SSSR count). The van der Waals surface area contributed by atoms with E-state index >= 15 is 0 Å². The van der Waals surface area contributed by atoms with Gasteiger partial charge >= 0.3 is 6.18 Å². The van der Waals surface area contributed by atoms with Crippen molar-refractivity contribution in [2.75, 3.05) is 18.0 Å². The van der Waals surface area contributed by atoms with Gasteiger partial charge in [0.25, 0.3) is 0 Å². The molecule has 1 atom stereocenters. The smallest absolute Gasteiger partial charge is 0.388 e. The van der Waals surface area contributed by atoms with E-state index in [1.54, 1.807) is 0 Å². The van der Waals surface area contributed by atoms with Crippen LogP contribution in [0, 0.1) is 0 Å². The molecule has 0 bridgehead atoms. The number of alkyl halides is 3. The number of anilines is 1. The molecule has 0 fully saturated rings. The van der Waals surface area contributed by atoms with E-state index in [1.165, 1.54) is 6.08 Å². The summed E-state index contributed by atoms with van der Waals surface area (Å²) in [4.78, 5) is 1.90. The average Bonchev–Trinajstić information content (AvgIpc) is 2.46. The Morgan fingerprint density at radius 3 is 2.35 bits per heavy atom. The summed E-state index contributed by atoms with van der Waals surface area (Å²) in [7, 11) is 0. The lowest BCUT2D eigenvalue weighted by Crippen LogP contribution is -2.31. The second kappa shape index (κ2) is 5.87. The summed E-state index contributed by atoms with van der Waals surface area (Å²) in [5.74, 6) is 0. The number of hydrogen-bond acceptors (Lipinski definition) is 2. The van der Waals surface area contributed by atoms with Gasteiger partial charge in [0.1, 0.15) is 0 Å². The van der Waals surface area contributed by atoms with Crippen molar-refractivity contribution in [1.82, 2.24) is 0 Å². The van der Waals surface area contributed by atoms with Gasteiger partial charge in [-0.2, -0.15) is 13.2 Å². The first kappa shape index (κ1) is 14.9. The van der Waals surface area contributed by atoms with Crippen LogP contribution in [-0.4, -0.2) is 24.4 Å². The van der Waals surface area contributed by atoms with Crippen molar-refractivity contribution in [3.8, 4) is 0 Å². The van der Waals surface area contributed by atoms with Crippen LogP contribution in [-0.2, 0) is 0 Å². The predicted octanol–water partition coefficient (Wildman–Crippen LogP) is 3.83. The number of aliphatic hydroxyl groups is 1. The Bertz CT molecular complexity index is 479. The van der Waals surface area contributed by atoms with E-state index in [9.17, 15) is 18.3 Å². The van der Waals surface area contributed by atoms with Gasteiger partial charge in [0.15, 0.2) is 0 Å². The number of benzene rings is 1. The van der Waals surface area contributed by atoms with Gasteiger partial charge in [0.2, 0.25) is 0 Å². The zero-order valence-corrected chi connectivity index (χ0v) is 11.3. The van der Waals surface area contributed by atoms with Crippen molar-refractivity contribution in [2.24, 2.45) is 0 Å². The molecule has 110 valence electrons. The summed E-state index contributed by atoms with van der Waals surface area (Å²) in [6.07, 6.45) is -2.79. The molecule has 0 amide bonds. The minimum absolute atomic E-state index is 0.0167. The van der Waals surface area contributed by atoms with Gasteiger partial charge in [-0.1, -0.05) is 25.1 Å². The Balaban J connectivity index is 2.06. The first-order valence-electron chi connectivity index (χ1n) is 6.71. The minimum atomic E-state index is -4.21. The fourth-order valence-electron chi connectivity index (χ4n) is 2.30. The van der Waals surface area contributed by atoms with Gasteiger partial charge in [0, 0.05) is 24.4 Å². The van der Waals surface area contributed by atoms with Crippen LogP contribution in [0.3, 0.4) is 0 Å². The Labute approximate surface area is 116 Å². The van der Waals surface area contributed by atoms with Crippen LogP contribution in [0.4, 0.5) is 18.9 Å². The topological polar surface area (TPSA) is 23.5 Å². The highest BCUT2D eigenvalue weighted by molar-refractivity contribution is 5.49. The third kappa shape index (κ3) is 3.33. The van der Waals surface area contributed by atoms with Crippen LogP contribution in [0.2, 0.25) is 0 Å². The molecule has 0 aliphatic carbocycles. The first-order chi connectivity index (χ1) is 9.41. The van der Waals surface area contributed by atoms with Crippen molar-refractivity contribution in [2.45, 2.75) is 32.0 Å². The summed E-state index contributed by atoms with van der Waals surface area (Å²) >= 11 is 0. The summed E-state index contributed by atoms with van der Waals surface area (Å²) in [5, 5.41) is 9.71. The van der Waals surface area contributed by atoms with E-state index in [1.807, 2.05) is 36.1 Å². The van der Waals surface area contributed by atoms with Gasteiger partial charge in [-0.25, -0.2) is 0 Å². The average molecular weight is 285 g/mol. The Kier molecular flexibility index (Phi) is 4.38. The Morgan fingerprint density at radius 1 is 1.25 bits per heavy atom. The van der Waals surface area contributed by atoms with Gasteiger partial charge in [0.05, 0.1) is 6.10 Å². The summed E-state index contributed by atoms with van der Waals surface area (Å²) in [6.45, 7) is 2.53. The quantitative estimate of drug-likeness (QED) is 0.853. The highest BCUT2D eigenvalue weighted by Gasteiger charge is 2.34. The predicted molar refractivity (Wildman–Crippen MR) is 72.7 cm³/mol. The highest BCUT2D eigenvalue weighted by Crippen LogP contribution is 2.31. The number of aliphatic hydroxyl groups excluding tert-OH is 1. The first-order valence-corrected chi connectivity index (χ1v) is 6.71. The van der Waals surface area contributed by atoms with Crippen LogP contribution in [0.25, 0.3) is 0 Å². The lowest BCUT2D eigenvalue weighted by molar-refractivity contribution is -0.0943. The molecule has 20 heavy (non-hydrogen) atoms. The molecule has 1 aliphatic heterocycles. The van der Waals surface area contributed by atoms with Crippen molar-refractivity contribution in [3.63, 3.8) is 0 Å². The second-order valence-electron chi connectivity index (χ2n) is 4.94. The molecule has 1 N–H and O–H groups in total. The summed E-state index contributed by atoms with van der Waals surface area (Å²) < 4.78 is 37.6. The summed E-state index contributed by atoms with van der Waals surface area (Å²) in [5.41, 5.74) is 1.28. The van der Waals surface area contributed by atoms with E-state index in [2.05, 4.69) is 0 Å². The maximum atomic E-state index is 12.5. The molecule has 0 radical (unpaired) electrons. The van der Waals surface area contributed by atoms with Gasteiger partial charge in [-0.05, 0) is 30.5 Å². The normalized spacial score (nSPS) is 17.9. The minimum Gasteiger partial charge on any atom is -0.388 e. The Hall–Kier alpha value is -1.49. The molecule has 1 aromatic rings. The van der Waals surface area contributed by atoms with Crippen LogP contribution in [0.15, 0.2) is 35.9 Å². The Morgan fingerprint density at radius 2 is 1.90 bits per heavy atom. The number of halogens is 3. The number of nitrogens with zero attached hydrogens (tertiary/aromatic N) is 1. The van der Waals surface area contributed by atoms with Crippen LogP contribution >= 0.6 is 0 Å². The lowest BCUT2D eigenvalue weighted by atomic mass is 10.0. The molecule has 1 aromatic carbocycles. The molecule has 1 heterocycles. The molecule has 5 heteroatoms. The van der Waals surface area contributed by atoms with E-state index in [0.29, 0.717) is 13.0 Å². The molecular formula is C15H18F3NO. The van der Waals surface area contributed by atoms with Gasteiger partial charge in [-0.15, -0.1) is 0 Å².